The zero-order chi connectivity index (χ0) is 19.8. The molecular weight excluding hydrogens is 384 g/mol. The first-order chi connectivity index (χ1) is 14.2. The summed E-state index contributed by atoms with van der Waals surface area (Å²) in [6.45, 7) is 2.96. The van der Waals surface area contributed by atoms with Gasteiger partial charge in [-0.3, -0.25) is 14.7 Å². The number of pyridine rings is 2. The number of rotatable bonds is 4. The molecule has 29 heavy (non-hydrogen) atoms. The van der Waals surface area contributed by atoms with E-state index in [4.69, 9.17) is 10.5 Å². The van der Waals surface area contributed by atoms with Gasteiger partial charge in [0.25, 0.3) is 5.91 Å². The summed E-state index contributed by atoms with van der Waals surface area (Å²) >= 11 is 1.34. The molecule has 6 nitrogen and oxygen atoms in total. The van der Waals surface area contributed by atoms with Gasteiger partial charge in [-0.05, 0) is 29.8 Å². The summed E-state index contributed by atoms with van der Waals surface area (Å²) in [7, 11) is 0. The summed E-state index contributed by atoms with van der Waals surface area (Å²) in [5.41, 5.74) is 8.77. The number of primary amides is 1. The van der Waals surface area contributed by atoms with Crippen LogP contribution >= 0.6 is 11.3 Å². The van der Waals surface area contributed by atoms with Crippen LogP contribution in [0.5, 0.6) is 0 Å². The van der Waals surface area contributed by atoms with Crippen molar-refractivity contribution < 1.29 is 9.53 Å². The zero-order valence-corrected chi connectivity index (χ0v) is 16.6. The molecule has 1 aliphatic rings. The fourth-order valence-electron chi connectivity index (χ4n) is 3.96. The van der Waals surface area contributed by atoms with E-state index in [-0.39, 0.29) is 6.10 Å². The Morgan fingerprint density at radius 2 is 2.07 bits per heavy atom. The van der Waals surface area contributed by atoms with Crippen molar-refractivity contribution in [1.29, 1.82) is 0 Å². The standard InChI is InChI=1S/C22H20N4O2S/c23-21(27)20-19(16-4-2-8-25-22(16)29-20)18-13-26(9-10-28-18)12-14-5-6-17-15(11-14)3-1-7-24-17/h1-8,11,18H,9-10,12-13H2,(H2,23,27)/t18-/m1/s1. The smallest absolute Gasteiger partial charge is 0.259 e. The SMILES string of the molecule is NC(=O)c1sc2ncccc2c1[C@H]1CN(Cc2ccc3ncccc3c2)CCO1. The Balaban J connectivity index is 1.43. The Morgan fingerprint density at radius 1 is 1.21 bits per heavy atom. The van der Waals surface area contributed by atoms with E-state index < -0.39 is 5.91 Å². The third-order valence-corrected chi connectivity index (χ3v) is 6.42. The molecule has 0 aliphatic carbocycles. The molecule has 5 rings (SSSR count). The van der Waals surface area contributed by atoms with Crippen molar-refractivity contribution in [2.75, 3.05) is 19.7 Å². The van der Waals surface area contributed by atoms with Crippen molar-refractivity contribution in [2.45, 2.75) is 12.6 Å². The maximum Gasteiger partial charge on any atom is 0.259 e. The van der Waals surface area contributed by atoms with Gasteiger partial charge in [0, 0.05) is 48.4 Å². The molecule has 1 saturated heterocycles. The van der Waals surface area contributed by atoms with Gasteiger partial charge in [0.05, 0.1) is 18.2 Å². The van der Waals surface area contributed by atoms with Crippen molar-refractivity contribution in [3.05, 3.63) is 70.9 Å². The first kappa shape index (κ1) is 18.2. The van der Waals surface area contributed by atoms with E-state index in [0.29, 0.717) is 18.0 Å². The Bertz CT molecular complexity index is 1210. The molecule has 4 heterocycles. The number of morpholine rings is 1. The molecule has 0 bridgehead atoms. The first-order valence-corrected chi connectivity index (χ1v) is 10.4. The van der Waals surface area contributed by atoms with Crippen LogP contribution in [0.25, 0.3) is 21.1 Å². The van der Waals surface area contributed by atoms with Crippen LogP contribution in [0.1, 0.15) is 26.9 Å². The van der Waals surface area contributed by atoms with Crippen LogP contribution in [0.4, 0.5) is 0 Å². The highest BCUT2D eigenvalue weighted by atomic mass is 32.1. The van der Waals surface area contributed by atoms with E-state index >= 15 is 0 Å². The fourth-order valence-corrected chi connectivity index (χ4v) is 5.00. The van der Waals surface area contributed by atoms with Crippen molar-refractivity contribution in [3.63, 3.8) is 0 Å². The van der Waals surface area contributed by atoms with Gasteiger partial charge in [0.1, 0.15) is 9.71 Å². The average Bonchev–Trinajstić information content (AvgIpc) is 3.14. The van der Waals surface area contributed by atoms with Crippen LogP contribution < -0.4 is 5.73 Å². The molecule has 1 fully saturated rings. The summed E-state index contributed by atoms with van der Waals surface area (Å²) < 4.78 is 6.08. The highest BCUT2D eigenvalue weighted by molar-refractivity contribution is 7.20. The molecule has 1 atom stereocenters. The number of carbonyl (C=O) groups excluding carboxylic acids is 1. The van der Waals surface area contributed by atoms with Gasteiger partial charge in [-0.2, -0.15) is 0 Å². The first-order valence-electron chi connectivity index (χ1n) is 9.54. The average molecular weight is 404 g/mol. The van der Waals surface area contributed by atoms with Crippen molar-refractivity contribution >= 4 is 38.4 Å². The second-order valence-electron chi connectivity index (χ2n) is 7.19. The quantitative estimate of drug-likeness (QED) is 0.563. The van der Waals surface area contributed by atoms with Crippen molar-refractivity contribution in [2.24, 2.45) is 5.73 Å². The van der Waals surface area contributed by atoms with E-state index in [1.54, 1.807) is 6.20 Å². The van der Waals surface area contributed by atoms with Crippen molar-refractivity contribution in [3.8, 4) is 0 Å². The van der Waals surface area contributed by atoms with E-state index in [2.05, 4.69) is 39.1 Å². The number of carbonyl (C=O) groups is 1. The number of amides is 1. The molecule has 4 aromatic rings. The van der Waals surface area contributed by atoms with Gasteiger partial charge in [-0.1, -0.05) is 18.2 Å². The van der Waals surface area contributed by atoms with E-state index in [9.17, 15) is 4.79 Å². The Morgan fingerprint density at radius 3 is 2.97 bits per heavy atom. The normalized spacial score (nSPS) is 17.7. The molecule has 0 saturated carbocycles. The fraction of sp³-hybridized carbons (Fsp3) is 0.227. The van der Waals surface area contributed by atoms with E-state index in [0.717, 1.165) is 39.8 Å². The summed E-state index contributed by atoms with van der Waals surface area (Å²) in [5.74, 6) is -0.425. The molecule has 1 aliphatic heterocycles. The lowest BCUT2D eigenvalue weighted by atomic mass is 10.0. The third kappa shape index (κ3) is 3.48. The third-order valence-electron chi connectivity index (χ3n) is 5.27. The number of nitrogens with zero attached hydrogens (tertiary/aromatic N) is 3. The summed E-state index contributed by atoms with van der Waals surface area (Å²) in [4.78, 5) is 24.6. The largest absolute Gasteiger partial charge is 0.371 e. The molecule has 0 unspecified atom stereocenters. The Labute approximate surface area is 171 Å². The van der Waals surface area contributed by atoms with Crippen LogP contribution in [0.15, 0.2) is 54.9 Å². The van der Waals surface area contributed by atoms with Gasteiger partial charge in [0.15, 0.2) is 0 Å². The molecule has 0 radical (unpaired) electrons. The van der Waals surface area contributed by atoms with E-state index in [1.165, 1.54) is 16.9 Å². The van der Waals surface area contributed by atoms with Gasteiger partial charge in [0.2, 0.25) is 0 Å². The summed E-state index contributed by atoms with van der Waals surface area (Å²) in [6, 6.07) is 14.3. The number of ether oxygens (including phenoxy) is 1. The van der Waals surface area contributed by atoms with Crippen LogP contribution in [-0.4, -0.2) is 40.5 Å². The lowest BCUT2D eigenvalue weighted by molar-refractivity contribution is -0.0322. The molecular formula is C22H20N4O2S. The number of aromatic nitrogens is 2. The molecule has 1 amide bonds. The molecule has 7 heteroatoms. The minimum absolute atomic E-state index is 0.202. The van der Waals surface area contributed by atoms with Gasteiger partial charge < -0.3 is 10.5 Å². The van der Waals surface area contributed by atoms with Crippen LogP contribution in [0, 0.1) is 0 Å². The number of nitrogens with two attached hydrogens (primary N) is 1. The minimum atomic E-state index is -0.425. The number of hydrogen-bond donors (Lipinski definition) is 1. The minimum Gasteiger partial charge on any atom is -0.371 e. The highest BCUT2D eigenvalue weighted by Crippen LogP contribution is 2.37. The zero-order valence-electron chi connectivity index (χ0n) is 15.7. The molecule has 3 aromatic heterocycles. The lowest BCUT2D eigenvalue weighted by Crippen LogP contribution is -2.38. The van der Waals surface area contributed by atoms with Gasteiger partial charge in [-0.15, -0.1) is 11.3 Å². The van der Waals surface area contributed by atoms with Gasteiger partial charge >= 0.3 is 0 Å². The molecule has 2 N–H and O–H groups in total. The van der Waals surface area contributed by atoms with Crippen LogP contribution in [-0.2, 0) is 11.3 Å². The molecule has 1 aromatic carbocycles. The maximum absolute atomic E-state index is 12.1. The topological polar surface area (TPSA) is 81.3 Å². The second kappa shape index (κ2) is 7.51. The number of fused-ring (bicyclic) bond motifs is 2. The van der Waals surface area contributed by atoms with Gasteiger partial charge in [-0.25, -0.2) is 4.98 Å². The van der Waals surface area contributed by atoms with Crippen molar-refractivity contribution in [1.82, 2.24) is 14.9 Å². The monoisotopic (exact) mass is 404 g/mol. The van der Waals surface area contributed by atoms with Crippen LogP contribution in [0.3, 0.4) is 0 Å². The number of thiophene rings is 1. The highest BCUT2D eigenvalue weighted by Gasteiger charge is 2.29. The summed E-state index contributed by atoms with van der Waals surface area (Å²) in [5, 5.41) is 2.09. The predicted octanol–water partition coefficient (Wildman–Crippen LogP) is 3.52. The summed E-state index contributed by atoms with van der Waals surface area (Å²) in [6.07, 6.45) is 3.34. The predicted molar refractivity (Wildman–Crippen MR) is 114 cm³/mol. The maximum atomic E-state index is 12.1. The Kier molecular flexibility index (Phi) is 4.71. The molecule has 0 spiro atoms. The molecule has 146 valence electrons. The lowest BCUT2D eigenvalue weighted by Gasteiger charge is -2.33. The van der Waals surface area contributed by atoms with E-state index in [1.807, 2.05) is 24.4 Å². The van der Waals surface area contributed by atoms with Crippen LogP contribution in [0.2, 0.25) is 0 Å². The number of hydrogen-bond acceptors (Lipinski definition) is 6. The second-order valence-corrected chi connectivity index (χ2v) is 8.19. The number of benzene rings is 1. The Hall–Kier alpha value is -2.87.